The number of ether oxygens (including phenoxy) is 1. The number of aryl methyl sites for hydroxylation is 1. The van der Waals surface area contributed by atoms with Crippen LogP contribution in [0.1, 0.15) is 42.2 Å². The minimum atomic E-state index is 0.544. The molecule has 2 nitrogen and oxygen atoms in total. The summed E-state index contributed by atoms with van der Waals surface area (Å²) in [4.78, 5) is 1.41. The van der Waals surface area contributed by atoms with E-state index in [1.54, 1.807) is 0 Å². The Morgan fingerprint density at radius 1 is 1.24 bits per heavy atom. The third kappa shape index (κ3) is 4.58. The van der Waals surface area contributed by atoms with E-state index in [0.717, 1.165) is 25.3 Å². The highest BCUT2D eigenvalue weighted by Crippen LogP contribution is 2.28. The average Bonchev–Trinajstić information content (AvgIpc) is 2.92. The van der Waals surface area contributed by atoms with Crippen LogP contribution in [0.2, 0.25) is 0 Å². The molecule has 21 heavy (non-hydrogen) atoms. The van der Waals surface area contributed by atoms with Crippen molar-refractivity contribution >= 4 is 11.3 Å². The van der Waals surface area contributed by atoms with Crippen LogP contribution in [0.4, 0.5) is 0 Å². The molecule has 1 atom stereocenters. The van der Waals surface area contributed by atoms with E-state index in [0.29, 0.717) is 12.5 Å². The molecule has 0 radical (unpaired) electrons. The van der Waals surface area contributed by atoms with E-state index in [1.807, 2.05) is 17.4 Å². The quantitative estimate of drug-likeness (QED) is 0.711. The fourth-order valence-electron chi connectivity index (χ4n) is 2.26. The molecular weight excluding hydrogens is 278 g/mol. The fraction of sp³-hybridized carbons (Fsp3) is 0.444. The standard InChI is InChI=1S/C18H25NOS/c1-4-14(2)16-7-5-6-8-17(16)20-11-10-19-13-18-15(3)9-12-21-18/h5-9,12,14,19H,4,10-11,13H2,1-3H3. The number of para-hydroxylation sites is 1. The second-order valence-corrected chi connectivity index (χ2v) is 6.40. The molecule has 0 aliphatic rings. The van der Waals surface area contributed by atoms with Crippen LogP contribution in [-0.2, 0) is 6.54 Å². The summed E-state index contributed by atoms with van der Waals surface area (Å²) in [7, 11) is 0. The Balaban J connectivity index is 1.77. The molecule has 1 heterocycles. The first-order valence-electron chi connectivity index (χ1n) is 7.67. The van der Waals surface area contributed by atoms with Gasteiger partial charge in [0, 0.05) is 18.0 Å². The first-order chi connectivity index (χ1) is 10.2. The SMILES string of the molecule is CCC(C)c1ccccc1OCCNCc1sccc1C. The molecule has 0 aliphatic heterocycles. The van der Waals surface area contributed by atoms with Gasteiger partial charge in [-0.2, -0.15) is 0 Å². The van der Waals surface area contributed by atoms with Gasteiger partial charge in [-0.25, -0.2) is 0 Å². The Bertz CT molecular complexity index is 550. The maximum absolute atomic E-state index is 5.95. The van der Waals surface area contributed by atoms with Crippen LogP contribution >= 0.6 is 11.3 Å². The molecule has 3 heteroatoms. The zero-order valence-corrected chi connectivity index (χ0v) is 14.0. The number of hydrogen-bond donors (Lipinski definition) is 1. The van der Waals surface area contributed by atoms with Crippen LogP contribution in [0.5, 0.6) is 5.75 Å². The number of nitrogens with one attached hydrogen (secondary N) is 1. The Morgan fingerprint density at radius 2 is 2.05 bits per heavy atom. The maximum Gasteiger partial charge on any atom is 0.122 e. The molecule has 114 valence electrons. The summed E-state index contributed by atoms with van der Waals surface area (Å²) in [5.41, 5.74) is 2.68. The molecule has 0 fully saturated rings. The molecule has 1 aromatic carbocycles. The van der Waals surface area contributed by atoms with Crippen molar-refractivity contribution in [3.05, 3.63) is 51.7 Å². The third-order valence-electron chi connectivity index (χ3n) is 3.85. The first-order valence-corrected chi connectivity index (χ1v) is 8.55. The molecule has 0 amide bonds. The lowest BCUT2D eigenvalue weighted by atomic mass is 9.98. The van der Waals surface area contributed by atoms with E-state index in [4.69, 9.17) is 4.74 Å². The number of benzene rings is 1. The van der Waals surface area contributed by atoms with E-state index >= 15 is 0 Å². The van der Waals surface area contributed by atoms with Crippen molar-refractivity contribution in [2.24, 2.45) is 0 Å². The number of thiophene rings is 1. The van der Waals surface area contributed by atoms with Gasteiger partial charge in [-0.15, -0.1) is 11.3 Å². The summed E-state index contributed by atoms with van der Waals surface area (Å²) in [6.07, 6.45) is 1.14. The molecule has 0 aliphatic carbocycles. The second kappa shape index (κ2) is 8.20. The normalized spacial score (nSPS) is 12.3. The van der Waals surface area contributed by atoms with E-state index in [-0.39, 0.29) is 0 Å². The number of rotatable bonds is 8. The van der Waals surface area contributed by atoms with Crippen molar-refractivity contribution in [3.63, 3.8) is 0 Å². The Morgan fingerprint density at radius 3 is 2.76 bits per heavy atom. The van der Waals surface area contributed by atoms with Gasteiger partial charge in [0.05, 0.1) is 0 Å². The summed E-state index contributed by atoms with van der Waals surface area (Å²) >= 11 is 1.81. The van der Waals surface area contributed by atoms with Crippen LogP contribution in [0, 0.1) is 6.92 Å². The maximum atomic E-state index is 5.95. The molecule has 0 saturated heterocycles. The van der Waals surface area contributed by atoms with Crippen LogP contribution in [0.3, 0.4) is 0 Å². The molecule has 0 bridgehead atoms. The minimum absolute atomic E-state index is 0.544. The van der Waals surface area contributed by atoms with Crippen molar-refractivity contribution in [3.8, 4) is 5.75 Å². The third-order valence-corrected chi connectivity index (χ3v) is 4.88. The van der Waals surface area contributed by atoms with Gasteiger partial charge in [0.15, 0.2) is 0 Å². The summed E-state index contributed by atoms with van der Waals surface area (Å²) in [5.74, 6) is 1.57. The topological polar surface area (TPSA) is 21.3 Å². The highest BCUT2D eigenvalue weighted by molar-refractivity contribution is 7.10. The smallest absolute Gasteiger partial charge is 0.122 e. The molecule has 0 saturated carbocycles. The lowest BCUT2D eigenvalue weighted by molar-refractivity contribution is 0.309. The van der Waals surface area contributed by atoms with Gasteiger partial charge in [-0.05, 0) is 47.9 Å². The van der Waals surface area contributed by atoms with E-state index < -0.39 is 0 Å². The number of hydrogen-bond acceptors (Lipinski definition) is 3. The second-order valence-electron chi connectivity index (χ2n) is 5.40. The van der Waals surface area contributed by atoms with Gasteiger partial charge >= 0.3 is 0 Å². The van der Waals surface area contributed by atoms with Gasteiger partial charge in [0.25, 0.3) is 0 Å². The predicted octanol–water partition coefficient (Wildman–Crippen LogP) is 4.74. The molecule has 1 unspecified atom stereocenters. The van der Waals surface area contributed by atoms with Gasteiger partial charge in [-0.1, -0.05) is 32.0 Å². The first kappa shape index (κ1) is 16.1. The summed E-state index contributed by atoms with van der Waals surface area (Å²) in [5, 5.41) is 5.59. The zero-order valence-electron chi connectivity index (χ0n) is 13.2. The van der Waals surface area contributed by atoms with Gasteiger partial charge in [0.2, 0.25) is 0 Å². The van der Waals surface area contributed by atoms with E-state index in [9.17, 15) is 0 Å². The van der Waals surface area contributed by atoms with Crippen LogP contribution < -0.4 is 10.1 Å². The lowest BCUT2D eigenvalue weighted by Crippen LogP contribution is -2.20. The Labute approximate surface area is 132 Å². The van der Waals surface area contributed by atoms with Crippen molar-refractivity contribution in [2.45, 2.75) is 39.7 Å². The van der Waals surface area contributed by atoms with E-state index in [1.165, 1.54) is 16.0 Å². The molecule has 2 aromatic rings. The lowest BCUT2D eigenvalue weighted by Gasteiger charge is -2.15. The Kier molecular flexibility index (Phi) is 6.27. The Hall–Kier alpha value is -1.32. The predicted molar refractivity (Wildman–Crippen MR) is 91.4 cm³/mol. The van der Waals surface area contributed by atoms with Crippen molar-refractivity contribution in [2.75, 3.05) is 13.2 Å². The van der Waals surface area contributed by atoms with Crippen molar-refractivity contribution in [1.82, 2.24) is 5.32 Å². The molecule has 0 spiro atoms. The highest BCUT2D eigenvalue weighted by atomic mass is 32.1. The van der Waals surface area contributed by atoms with Crippen molar-refractivity contribution < 1.29 is 4.74 Å². The van der Waals surface area contributed by atoms with E-state index in [2.05, 4.69) is 55.7 Å². The van der Waals surface area contributed by atoms with Gasteiger partial charge < -0.3 is 10.1 Å². The molecule has 1 aromatic heterocycles. The minimum Gasteiger partial charge on any atom is -0.492 e. The van der Waals surface area contributed by atoms with Crippen LogP contribution in [-0.4, -0.2) is 13.2 Å². The van der Waals surface area contributed by atoms with Crippen LogP contribution in [0.25, 0.3) is 0 Å². The fourth-order valence-corrected chi connectivity index (χ4v) is 3.14. The van der Waals surface area contributed by atoms with Crippen molar-refractivity contribution in [1.29, 1.82) is 0 Å². The largest absolute Gasteiger partial charge is 0.492 e. The summed E-state index contributed by atoms with van der Waals surface area (Å²) in [6.45, 7) is 9.13. The van der Waals surface area contributed by atoms with Gasteiger partial charge in [-0.3, -0.25) is 0 Å². The average molecular weight is 303 g/mol. The molecule has 1 N–H and O–H groups in total. The van der Waals surface area contributed by atoms with Gasteiger partial charge in [0.1, 0.15) is 12.4 Å². The summed E-state index contributed by atoms with van der Waals surface area (Å²) in [6, 6.07) is 10.5. The molecule has 2 rings (SSSR count). The molecular formula is C18H25NOS. The monoisotopic (exact) mass is 303 g/mol. The summed E-state index contributed by atoms with van der Waals surface area (Å²) < 4.78 is 5.95. The van der Waals surface area contributed by atoms with Crippen LogP contribution in [0.15, 0.2) is 35.7 Å². The zero-order chi connectivity index (χ0) is 15.1. The highest BCUT2D eigenvalue weighted by Gasteiger charge is 2.09.